The van der Waals surface area contributed by atoms with Crippen LogP contribution in [0.5, 0.6) is 0 Å². The third-order valence-electron chi connectivity index (χ3n) is 4.07. The quantitative estimate of drug-likeness (QED) is 0.868. The van der Waals surface area contributed by atoms with Gasteiger partial charge >= 0.3 is 0 Å². The number of rotatable bonds is 4. The molecule has 1 saturated heterocycles. The zero-order chi connectivity index (χ0) is 17.3. The highest BCUT2D eigenvalue weighted by atomic mass is 79.9. The fraction of sp³-hybridized carbons (Fsp3) is 0.353. The summed E-state index contributed by atoms with van der Waals surface area (Å²) in [7, 11) is 0. The summed E-state index contributed by atoms with van der Waals surface area (Å²) in [5.74, 6) is 0.177. The highest BCUT2D eigenvalue weighted by molar-refractivity contribution is 9.10. The molecule has 3 rings (SSSR count). The fourth-order valence-electron chi connectivity index (χ4n) is 2.75. The molecule has 1 fully saturated rings. The summed E-state index contributed by atoms with van der Waals surface area (Å²) in [4.78, 5) is 26.3. The Hall–Kier alpha value is -2.15. The molecule has 0 spiro atoms. The van der Waals surface area contributed by atoms with Gasteiger partial charge in [0, 0.05) is 29.2 Å². The van der Waals surface area contributed by atoms with Gasteiger partial charge in [-0.05, 0) is 37.6 Å². The van der Waals surface area contributed by atoms with E-state index in [1.165, 1.54) is 0 Å². The third kappa shape index (κ3) is 3.51. The number of amides is 2. The van der Waals surface area contributed by atoms with Crippen molar-refractivity contribution in [2.24, 2.45) is 5.92 Å². The summed E-state index contributed by atoms with van der Waals surface area (Å²) >= 11 is 3.45. The molecule has 2 aromatic rings. The maximum Gasteiger partial charge on any atom is 0.227 e. The number of anilines is 1. The van der Waals surface area contributed by atoms with Crippen molar-refractivity contribution in [2.45, 2.75) is 26.8 Å². The van der Waals surface area contributed by atoms with Crippen molar-refractivity contribution >= 4 is 33.4 Å². The first-order chi connectivity index (χ1) is 11.4. The van der Waals surface area contributed by atoms with E-state index in [0.29, 0.717) is 24.5 Å². The van der Waals surface area contributed by atoms with Crippen molar-refractivity contribution in [1.82, 2.24) is 10.5 Å². The predicted molar refractivity (Wildman–Crippen MR) is 92.4 cm³/mol. The molecule has 1 aliphatic heterocycles. The van der Waals surface area contributed by atoms with E-state index in [9.17, 15) is 9.59 Å². The average molecular weight is 392 g/mol. The molecule has 1 aromatic heterocycles. The number of carbonyl (C=O) groups excluding carboxylic acids is 2. The van der Waals surface area contributed by atoms with Crippen LogP contribution in [-0.4, -0.2) is 23.5 Å². The Kier molecular flexibility index (Phi) is 4.71. The predicted octanol–water partition coefficient (Wildman–Crippen LogP) is 2.72. The van der Waals surface area contributed by atoms with E-state index in [4.69, 9.17) is 4.52 Å². The van der Waals surface area contributed by atoms with Crippen LogP contribution < -0.4 is 10.2 Å². The van der Waals surface area contributed by atoms with E-state index in [-0.39, 0.29) is 24.2 Å². The molecule has 1 N–H and O–H groups in total. The van der Waals surface area contributed by atoms with Crippen molar-refractivity contribution in [3.63, 3.8) is 0 Å². The van der Waals surface area contributed by atoms with Gasteiger partial charge in [-0.3, -0.25) is 9.59 Å². The summed E-state index contributed by atoms with van der Waals surface area (Å²) in [5, 5.41) is 6.66. The first kappa shape index (κ1) is 16.7. The van der Waals surface area contributed by atoms with Gasteiger partial charge in [-0.2, -0.15) is 0 Å². The second-order valence-corrected chi connectivity index (χ2v) is 6.84. The van der Waals surface area contributed by atoms with E-state index in [1.54, 1.807) is 17.9 Å². The number of carbonyl (C=O) groups is 2. The molecule has 2 amide bonds. The Bertz CT molecular complexity index is 787. The van der Waals surface area contributed by atoms with Crippen molar-refractivity contribution in [1.29, 1.82) is 0 Å². The van der Waals surface area contributed by atoms with Crippen LogP contribution in [0.1, 0.15) is 23.4 Å². The standard InChI is InChI=1S/C17H18BrN3O3/c1-10-5-14(3-4-15(10)18)21-9-12(7-16(21)22)17(23)19-8-13-6-11(2)24-20-13/h3-6,12H,7-9H2,1-2H3,(H,19,23)/t12-/m0/s1. The topological polar surface area (TPSA) is 75.4 Å². The molecule has 126 valence electrons. The molecule has 0 radical (unpaired) electrons. The first-order valence-electron chi connectivity index (χ1n) is 7.70. The smallest absolute Gasteiger partial charge is 0.227 e. The van der Waals surface area contributed by atoms with Gasteiger partial charge in [0.15, 0.2) is 0 Å². The van der Waals surface area contributed by atoms with E-state index in [1.807, 2.05) is 25.1 Å². The molecule has 1 atom stereocenters. The molecule has 0 aliphatic carbocycles. The van der Waals surface area contributed by atoms with Gasteiger partial charge in [0.2, 0.25) is 11.8 Å². The van der Waals surface area contributed by atoms with Crippen LogP contribution in [0.4, 0.5) is 5.69 Å². The molecule has 2 heterocycles. The summed E-state index contributed by atoms with van der Waals surface area (Å²) < 4.78 is 5.96. The van der Waals surface area contributed by atoms with E-state index >= 15 is 0 Å². The van der Waals surface area contributed by atoms with Gasteiger partial charge in [0.25, 0.3) is 0 Å². The lowest BCUT2D eigenvalue weighted by Crippen LogP contribution is -2.32. The monoisotopic (exact) mass is 391 g/mol. The normalized spacial score (nSPS) is 17.4. The molecule has 7 heteroatoms. The van der Waals surface area contributed by atoms with Crippen molar-refractivity contribution in [3.8, 4) is 0 Å². The molecular weight excluding hydrogens is 374 g/mol. The molecule has 6 nitrogen and oxygen atoms in total. The van der Waals surface area contributed by atoms with E-state index in [2.05, 4.69) is 26.4 Å². The van der Waals surface area contributed by atoms with Crippen molar-refractivity contribution in [3.05, 3.63) is 45.8 Å². The highest BCUT2D eigenvalue weighted by Gasteiger charge is 2.35. The minimum atomic E-state index is -0.352. The number of hydrogen-bond donors (Lipinski definition) is 1. The number of aryl methyl sites for hydroxylation is 2. The van der Waals surface area contributed by atoms with Gasteiger partial charge in [-0.25, -0.2) is 0 Å². The number of nitrogens with zero attached hydrogens (tertiary/aromatic N) is 2. The van der Waals surface area contributed by atoms with Gasteiger partial charge in [-0.1, -0.05) is 21.1 Å². The van der Waals surface area contributed by atoms with Crippen LogP contribution in [0.25, 0.3) is 0 Å². The van der Waals surface area contributed by atoms with Gasteiger partial charge in [0.05, 0.1) is 12.5 Å². The van der Waals surface area contributed by atoms with Crippen molar-refractivity contribution in [2.75, 3.05) is 11.4 Å². The lowest BCUT2D eigenvalue weighted by atomic mass is 10.1. The number of aromatic nitrogens is 1. The summed E-state index contributed by atoms with van der Waals surface area (Å²) in [5.41, 5.74) is 2.54. The van der Waals surface area contributed by atoms with Gasteiger partial charge in [0.1, 0.15) is 11.5 Å². The molecule has 1 aromatic carbocycles. The second-order valence-electron chi connectivity index (χ2n) is 5.99. The Morgan fingerprint density at radius 1 is 1.42 bits per heavy atom. The third-order valence-corrected chi connectivity index (χ3v) is 4.96. The minimum absolute atomic E-state index is 0.0332. The maximum absolute atomic E-state index is 12.3. The molecule has 1 aliphatic rings. The fourth-order valence-corrected chi connectivity index (χ4v) is 3.00. The molecular formula is C17H18BrN3O3. The molecule has 24 heavy (non-hydrogen) atoms. The lowest BCUT2D eigenvalue weighted by molar-refractivity contribution is -0.126. The number of nitrogens with one attached hydrogen (secondary N) is 1. The van der Waals surface area contributed by atoms with Crippen LogP contribution in [0.2, 0.25) is 0 Å². The van der Waals surface area contributed by atoms with Crippen LogP contribution in [-0.2, 0) is 16.1 Å². The number of hydrogen-bond acceptors (Lipinski definition) is 4. The van der Waals surface area contributed by atoms with Crippen LogP contribution in [0.3, 0.4) is 0 Å². The minimum Gasteiger partial charge on any atom is -0.361 e. The Balaban J connectivity index is 1.63. The Labute approximate surface area is 148 Å². The first-order valence-corrected chi connectivity index (χ1v) is 8.50. The Morgan fingerprint density at radius 3 is 2.88 bits per heavy atom. The van der Waals surface area contributed by atoms with Gasteiger partial charge < -0.3 is 14.7 Å². The summed E-state index contributed by atoms with van der Waals surface area (Å²) in [6.45, 7) is 4.46. The lowest BCUT2D eigenvalue weighted by Gasteiger charge is -2.17. The number of halogens is 1. The SMILES string of the molecule is Cc1cc(CNC(=O)[C@H]2CC(=O)N(c3ccc(Br)c(C)c3)C2)no1. The molecule has 0 unspecified atom stereocenters. The summed E-state index contributed by atoms with van der Waals surface area (Å²) in [6, 6.07) is 7.52. The zero-order valence-electron chi connectivity index (χ0n) is 13.5. The van der Waals surface area contributed by atoms with Crippen molar-refractivity contribution < 1.29 is 14.1 Å². The Morgan fingerprint density at radius 2 is 2.21 bits per heavy atom. The molecule has 0 saturated carbocycles. The maximum atomic E-state index is 12.3. The van der Waals surface area contributed by atoms with Crippen LogP contribution in [0.15, 0.2) is 33.3 Å². The van der Waals surface area contributed by atoms with Crippen LogP contribution in [0, 0.1) is 19.8 Å². The second kappa shape index (κ2) is 6.76. The van der Waals surface area contributed by atoms with E-state index in [0.717, 1.165) is 15.7 Å². The highest BCUT2D eigenvalue weighted by Crippen LogP contribution is 2.28. The molecule has 0 bridgehead atoms. The summed E-state index contributed by atoms with van der Waals surface area (Å²) in [6.07, 6.45) is 0.221. The largest absolute Gasteiger partial charge is 0.361 e. The number of benzene rings is 1. The van der Waals surface area contributed by atoms with Crippen LogP contribution >= 0.6 is 15.9 Å². The van der Waals surface area contributed by atoms with Gasteiger partial charge in [-0.15, -0.1) is 0 Å². The van der Waals surface area contributed by atoms with E-state index < -0.39 is 0 Å². The zero-order valence-corrected chi connectivity index (χ0v) is 15.1. The average Bonchev–Trinajstić information content (AvgIpc) is 3.14.